The van der Waals surface area contributed by atoms with Gasteiger partial charge in [0.05, 0.1) is 5.41 Å². The monoisotopic (exact) mass is 354 g/mol. The summed E-state index contributed by atoms with van der Waals surface area (Å²) in [6.45, 7) is 14.6. The number of hydrogen-bond acceptors (Lipinski definition) is 5. The molecule has 0 spiro atoms. The molecule has 0 aliphatic rings. The fraction of sp³-hybridized carbons (Fsp3) is 0.684. The van der Waals surface area contributed by atoms with E-state index in [1.165, 1.54) is 11.3 Å². The van der Waals surface area contributed by atoms with Gasteiger partial charge in [0.25, 0.3) is 0 Å². The SMILES string of the molecule is CC(C)(C)CC(C)(C(=O)OCCOC(=O)c1cccs1)C(C)(C)C. The van der Waals surface area contributed by atoms with Crippen LogP contribution < -0.4 is 0 Å². The van der Waals surface area contributed by atoms with E-state index in [1.807, 2.05) is 12.3 Å². The fourth-order valence-corrected chi connectivity index (χ4v) is 3.21. The second kappa shape index (κ2) is 7.68. The minimum atomic E-state index is -0.608. The highest BCUT2D eigenvalue weighted by Crippen LogP contribution is 2.47. The van der Waals surface area contributed by atoms with E-state index in [0.717, 1.165) is 6.42 Å². The molecule has 0 saturated heterocycles. The third-order valence-electron chi connectivity index (χ3n) is 4.26. The lowest BCUT2D eigenvalue weighted by atomic mass is 9.61. The van der Waals surface area contributed by atoms with Gasteiger partial charge in [-0.2, -0.15) is 0 Å². The van der Waals surface area contributed by atoms with Crippen molar-refractivity contribution in [1.29, 1.82) is 0 Å². The second-order valence-electron chi connectivity index (χ2n) is 8.57. The number of esters is 2. The lowest BCUT2D eigenvalue weighted by Gasteiger charge is -2.43. The molecule has 1 rings (SSSR count). The Morgan fingerprint density at radius 2 is 1.58 bits per heavy atom. The van der Waals surface area contributed by atoms with Crippen molar-refractivity contribution in [2.45, 2.75) is 54.9 Å². The molecule has 1 heterocycles. The Morgan fingerprint density at radius 1 is 1.00 bits per heavy atom. The van der Waals surface area contributed by atoms with E-state index in [2.05, 4.69) is 41.5 Å². The molecule has 0 radical (unpaired) electrons. The van der Waals surface area contributed by atoms with E-state index in [0.29, 0.717) is 4.88 Å². The number of carbonyl (C=O) groups is 2. The van der Waals surface area contributed by atoms with Crippen LogP contribution in [0.2, 0.25) is 0 Å². The minimum Gasteiger partial charge on any atom is -0.462 e. The number of carbonyl (C=O) groups excluding carboxylic acids is 2. The van der Waals surface area contributed by atoms with Gasteiger partial charge in [-0.3, -0.25) is 4.79 Å². The normalized spacial score (nSPS) is 14.8. The first-order chi connectivity index (χ1) is 10.9. The first-order valence-electron chi connectivity index (χ1n) is 8.25. The summed E-state index contributed by atoms with van der Waals surface area (Å²) in [6.07, 6.45) is 0.720. The highest BCUT2D eigenvalue weighted by atomic mass is 32.1. The first kappa shape index (κ1) is 20.7. The van der Waals surface area contributed by atoms with Crippen molar-refractivity contribution in [3.63, 3.8) is 0 Å². The van der Waals surface area contributed by atoms with Crippen molar-refractivity contribution >= 4 is 23.3 Å². The Hall–Kier alpha value is -1.36. The summed E-state index contributed by atoms with van der Waals surface area (Å²) < 4.78 is 10.6. The van der Waals surface area contributed by atoms with Gasteiger partial charge in [-0.1, -0.05) is 47.6 Å². The van der Waals surface area contributed by atoms with E-state index >= 15 is 0 Å². The number of hydrogen-bond donors (Lipinski definition) is 0. The molecule has 1 atom stereocenters. The lowest BCUT2D eigenvalue weighted by Crippen LogP contribution is -2.44. The van der Waals surface area contributed by atoms with Gasteiger partial charge in [-0.15, -0.1) is 11.3 Å². The van der Waals surface area contributed by atoms with E-state index in [1.54, 1.807) is 12.1 Å². The van der Waals surface area contributed by atoms with Crippen LogP contribution in [0.1, 0.15) is 64.6 Å². The minimum absolute atomic E-state index is 0.00663. The van der Waals surface area contributed by atoms with Gasteiger partial charge in [0.15, 0.2) is 0 Å². The summed E-state index contributed by atoms with van der Waals surface area (Å²) in [5, 5.41) is 1.82. The van der Waals surface area contributed by atoms with Crippen LogP contribution in [0, 0.1) is 16.2 Å². The van der Waals surface area contributed by atoms with Crippen molar-refractivity contribution in [2.75, 3.05) is 13.2 Å². The van der Waals surface area contributed by atoms with E-state index in [4.69, 9.17) is 9.47 Å². The molecule has 1 unspecified atom stereocenters. The summed E-state index contributed by atoms with van der Waals surface area (Å²) in [5.41, 5.74) is -0.833. The van der Waals surface area contributed by atoms with Crippen LogP contribution in [0.3, 0.4) is 0 Å². The van der Waals surface area contributed by atoms with Gasteiger partial charge in [0, 0.05) is 0 Å². The van der Waals surface area contributed by atoms with Gasteiger partial charge in [-0.25, -0.2) is 4.79 Å². The molecular weight excluding hydrogens is 324 g/mol. The topological polar surface area (TPSA) is 52.6 Å². The molecular formula is C19H30O4S. The van der Waals surface area contributed by atoms with E-state index in [9.17, 15) is 9.59 Å². The highest BCUT2D eigenvalue weighted by molar-refractivity contribution is 7.11. The Kier molecular flexibility index (Phi) is 6.62. The maximum atomic E-state index is 12.7. The predicted molar refractivity (Wildman–Crippen MR) is 97.2 cm³/mol. The standard InChI is InChI=1S/C19H30O4S/c1-17(2,3)13-19(7,18(4,5)6)16(21)23-11-10-22-15(20)14-9-8-12-24-14/h8-9,12H,10-11,13H2,1-7H3. The molecule has 0 bridgehead atoms. The first-order valence-corrected chi connectivity index (χ1v) is 9.13. The van der Waals surface area contributed by atoms with Crippen molar-refractivity contribution < 1.29 is 19.1 Å². The molecule has 0 aromatic carbocycles. The molecule has 4 nitrogen and oxygen atoms in total. The van der Waals surface area contributed by atoms with E-state index < -0.39 is 5.41 Å². The van der Waals surface area contributed by atoms with Crippen LogP contribution in [0.5, 0.6) is 0 Å². The molecule has 0 aliphatic heterocycles. The zero-order valence-electron chi connectivity index (χ0n) is 15.9. The molecule has 136 valence electrons. The van der Waals surface area contributed by atoms with Crippen LogP contribution >= 0.6 is 11.3 Å². The maximum absolute atomic E-state index is 12.7. The van der Waals surface area contributed by atoms with Crippen LogP contribution in [0.25, 0.3) is 0 Å². The summed E-state index contributed by atoms with van der Waals surface area (Å²) in [4.78, 5) is 25.0. The van der Waals surface area contributed by atoms with Gasteiger partial charge in [-0.05, 0) is 35.6 Å². The van der Waals surface area contributed by atoms with Gasteiger partial charge >= 0.3 is 11.9 Å². The lowest BCUT2D eigenvalue weighted by molar-refractivity contribution is -0.165. The molecule has 0 saturated carbocycles. The Labute approximate surface area is 149 Å². The molecule has 1 aromatic heterocycles. The van der Waals surface area contributed by atoms with Gasteiger partial charge in [0.2, 0.25) is 0 Å². The Balaban J connectivity index is 2.58. The third-order valence-corrected chi connectivity index (χ3v) is 5.11. The summed E-state index contributed by atoms with van der Waals surface area (Å²) >= 11 is 1.33. The fourth-order valence-electron chi connectivity index (χ4n) is 2.60. The van der Waals surface area contributed by atoms with Crippen LogP contribution in [0.15, 0.2) is 17.5 Å². The van der Waals surface area contributed by atoms with Crippen molar-refractivity contribution in [1.82, 2.24) is 0 Å². The van der Waals surface area contributed by atoms with Gasteiger partial charge < -0.3 is 9.47 Å². The Morgan fingerprint density at radius 3 is 2.04 bits per heavy atom. The second-order valence-corrected chi connectivity index (χ2v) is 9.52. The predicted octanol–water partition coefficient (Wildman–Crippen LogP) is 4.94. The molecule has 0 aliphatic carbocycles. The molecule has 0 fully saturated rings. The third kappa shape index (κ3) is 5.62. The molecule has 1 aromatic rings. The number of ether oxygens (including phenoxy) is 2. The van der Waals surface area contributed by atoms with Crippen LogP contribution in [-0.2, 0) is 14.3 Å². The van der Waals surface area contributed by atoms with Crippen molar-refractivity contribution in [3.8, 4) is 0 Å². The van der Waals surface area contributed by atoms with Gasteiger partial charge in [0.1, 0.15) is 18.1 Å². The molecule has 24 heavy (non-hydrogen) atoms. The van der Waals surface area contributed by atoms with Crippen molar-refractivity contribution in [3.05, 3.63) is 22.4 Å². The number of rotatable bonds is 6. The Bertz CT molecular complexity index is 549. The van der Waals surface area contributed by atoms with E-state index in [-0.39, 0.29) is 36.0 Å². The molecule has 5 heteroatoms. The molecule has 0 amide bonds. The highest BCUT2D eigenvalue weighted by Gasteiger charge is 2.47. The average molecular weight is 355 g/mol. The zero-order chi connectivity index (χ0) is 18.6. The van der Waals surface area contributed by atoms with Crippen molar-refractivity contribution in [2.24, 2.45) is 16.2 Å². The van der Waals surface area contributed by atoms with Crippen LogP contribution in [-0.4, -0.2) is 25.2 Å². The summed E-state index contributed by atoms with van der Waals surface area (Å²) in [6, 6.07) is 3.50. The van der Waals surface area contributed by atoms with Crippen LogP contribution in [0.4, 0.5) is 0 Å². The zero-order valence-corrected chi connectivity index (χ0v) is 16.7. The smallest absolute Gasteiger partial charge is 0.348 e. The summed E-state index contributed by atoms with van der Waals surface area (Å²) in [7, 11) is 0. The number of thiophene rings is 1. The summed E-state index contributed by atoms with van der Waals surface area (Å²) in [5.74, 6) is -0.619. The maximum Gasteiger partial charge on any atom is 0.348 e. The largest absolute Gasteiger partial charge is 0.462 e. The molecule has 0 N–H and O–H groups in total. The average Bonchev–Trinajstić information content (AvgIpc) is 2.93. The quantitative estimate of drug-likeness (QED) is 0.536.